The molecule has 0 aromatic carbocycles. The molecule has 2 heterocycles. The molecular weight excluding hydrogens is 439 g/mol. The molecule has 190 valence electrons. The van der Waals surface area contributed by atoms with Crippen LogP contribution in [0.3, 0.4) is 0 Å². The van der Waals surface area contributed by atoms with E-state index in [1.54, 1.807) is 0 Å². The van der Waals surface area contributed by atoms with Crippen molar-refractivity contribution >= 4 is 5.82 Å². The van der Waals surface area contributed by atoms with E-state index in [9.17, 15) is 13.2 Å². The van der Waals surface area contributed by atoms with Crippen molar-refractivity contribution in [2.45, 2.75) is 89.8 Å². The van der Waals surface area contributed by atoms with E-state index < -0.39 is 30.1 Å². The minimum Gasteiger partial charge on any atom is -0.379 e. The summed E-state index contributed by atoms with van der Waals surface area (Å²) in [5.41, 5.74) is -1.05. The summed E-state index contributed by atoms with van der Waals surface area (Å²) in [7, 11) is 0. The summed E-state index contributed by atoms with van der Waals surface area (Å²) in [6.07, 6.45) is 1.93. The van der Waals surface area contributed by atoms with Crippen LogP contribution in [0, 0.1) is 0 Å². The molecule has 0 bridgehead atoms. The smallest absolute Gasteiger partial charge is 0.379 e. The molecule has 1 aromatic heterocycles. The van der Waals surface area contributed by atoms with Gasteiger partial charge in [-0.2, -0.15) is 13.2 Å². The first-order chi connectivity index (χ1) is 15.9. The van der Waals surface area contributed by atoms with Crippen molar-refractivity contribution in [3.05, 3.63) is 18.1 Å². The van der Waals surface area contributed by atoms with Crippen molar-refractivity contribution < 1.29 is 32.1 Å². The second kappa shape index (κ2) is 14.7. The Labute approximate surface area is 194 Å². The SMILES string of the molecule is CCCCOC[C@H]1OC[C@@H](Nc2cncc(C(F)(F)F)n2)[C@@H](OCCCC)[C@H]1OCCCC. The van der Waals surface area contributed by atoms with Crippen LogP contribution >= 0.6 is 0 Å². The zero-order valence-corrected chi connectivity index (χ0v) is 19.9. The summed E-state index contributed by atoms with van der Waals surface area (Å²) >= 11 is 0. The number of aromatic nitrogens is 2. The molecule has 1 aromatic rings. The van der Waals surface area contributed by atoms with Gasteiger partial charge in [0.1, 0.15) is 24.1 Å². The molecule has 0 amide bonds. The number of unbranched alkanes of at least 4 members (excludes halogenated alkanes) is 3. The van der Waals surface area contributed by atoms with Crippen LogP contribution < -0.4 is 5.32 Å². The molecule has 0 saturated carbocycles. The maximum absolute atomic E-state index is 13.1. The number of nitrogens with one attached hydrogen (secondary N) is 1. The van der Waals surface area contributed by atoms with Gasteiger partial charge < -0.3 is 24.3 Å². The molecule has 33 heavy (non-hydrogen) atoms. The molecule has 1 N–H and O–H groups in total. The minimum absolute atomic E-state index is 0.0208. The molecule has 0 radical (unpaired) electrons. The first kappa shape index (κ1) is 27.8. The highest BCUT2D eigenvalue weighted by molar-refractivity contribution is 5.34. The second-order valence-corrected chi connectivity index (χ2v) is 8.22. The third-order valence-electron chi connectivity index (χ3n) is 5.38. The lowest BCUT2D eigenvalue weighted by molar-refractivity contribution is -0.194. The van der Waals surface area contributed by atoms with Crippen molar-refractivity contribution in [1.29, 1.82) is 0 Å². The largest absolute Gasteiger partial charge is 0.434 e. The summed E-state index contributed by atoms with van der Waals surface area (Å²) in [6.45, 7) is 8.55. The van der Waals surface area contributed by atoms with Crippen molar-refractivity contribution in [3.63, 3.8) is 0 Å². The fraction of sp³-hybridized carbons (Fsp3) is 0.826. The predicted octanol–water partition coefficient (Wildman–Crippen LogP) is 4.86. The number of nitrogens with zero attached hydrogens (tertiary/aromatic N) is 2. The Morgan fingerprint density at radius 3 is 2.24 bits per heavy atom. The summed E-state index contributed by atoms with van der Waals surface area (Å²) < 4.78 is 63.5. The number of anilines is 1. The molecular formula is C23H38F3N3O4. The van der Waals surface area contributed by atoms with E-state index in [1.165, 1.54) is 6.20 Å². The lowest BCUT2D eigenvalue weighted by Crippen LogP contribution is -2.59. The molecule has 4 atom stereocenters. The lowest BCUT2D eigenvalue weighted by atomic mass is 9.97. The van der Waals surface area contributed by atoms with Crippen molar-refractivity contribution in [2.75, 3.05) is 38.4 Å². The van der Waals surface area contributed by atoms with Crippen LogP contribution in [0.5, 0.6) is 0 Å². The molecule has 2 rings (SSSR count). The van der Waals surface area contributed by atoms with Crippen LogP contribution in [-0.4, -0.2) is 67.4 Å². The molecule has 1 aliphatic rings. The maximum Gasteiger partial charge on any atom is 0.434 e. The van der Waals surface area contributed by atoms with E-state index in [0.717, 1.165) is 38.5 Å². The summed E-state index contributed by atoms with van der Waals surface area (Å²) in [5.74, 6) is 0.0208. The van der Waals surface area contributed by atoms with E-state index in [4.69, 9.17) is 18.9 Å². The van der Waals surface area contributed by atoms with Crippen LogP contribution in [0.15, 0.2) is 12.4 Å². The summed E-state index contributed by atoms with van der Waals surface area (Å²) in [6, 6.07) is -0.446. The van der Waals surface area contributed by atoms with E-state index in [2.05, 4.69) is 36.1 Å². The normalized spacial score (nSPS) is 23.6. The molecule has 1 saturated heterocycles. The third kappa shape index (κ3) is 9.35. The van der Waals surface area contributed by atoms with Crippen LogP contribution in [0.4, 0.5) is 19.0 Å². The zero-order valence-electron chi connectivity index (χ0n) is 19.9. The van der Waals surface area contributed by atoms with Gasteiger partial charge in [0.15, 0.2) is 5.69 Å². The number of alkyl halides is 3. The van der Waals surface area contributed by atoms with E-state index >= 15 is 0 Å². The van der Waals surface area contributed by atoms with Crippen molar-refractivity contribution in [3.8, 4) is 0 Å². The van der Waals surface area contributed by atoms with Gasteiger partial charge in [0, 0.05) is 19.8 Å². The molecule has 1 aliphatic heterocycles. The van der Waals surface area contributed by atoms with Crippen LogP contribution in [0.2, 0.25) is 0 Å². The van der Waals surface area contributed by atoms with Gasteiger partial charge in [-0.15, -0.1) is 0 Å². The fourth-order valence-corrected chi connectivity index (χ4v) is 3.47. The number of hydrogen-bond donors (Lipinski definition) is 1. The van der Waals surface area contributed by atoms with Crippen molar-refractivity contribution in [1.82, 2.24) is 9.97 Å². The van der Waals surface area contributed by atoms with Crippen LogP contribution in [0.1, 0.15) is 65.0 Å². The Hall–Kier alpha value is -1.49. The van der Waals surface area contributed by atoms with Gasteiger partial charge in [0.25, 0.3) is 0 Å². The highest BCUT2D eigenvalue weighted by atomic mass is 19.4. The first-order valence-electron chi connectivity index (χ1n) is 12.0. The van der Waals surface area contributed by atoms with Crippen LogP contribution in [-0.2, 0) is 25.1 Å². The van der Waals surface area contributed by atoms with E-state index in [0.29, 0.717) is 32.6 Å². The average molecular weight is 478 g/mol. The molecule has 0 spiro atoms. The van der Waals surface area contributed by atoms with E-state index in [-0.39, 0.29) is 18.5 Å². The molecule has 7 nitrogen and oxygen atoms in total. The number of halogens is 3. The fourth-order valence-electron chi connectivity index (χ4n) is 3.47. The number of rotatable bonds is 15. The van der Waals surface area contributed by atoms with Gasteiger partial charge in [-0.05, 0) is 19.3 Å². The Morgan fingerprint density at radius 1 is 0.970 bits per heavy atom. The molecule has 1 fully saturated rings. The molecule has 10 heteroatoms. The van der Waals surface area contributed by atoms with Crippen molar-refractivity contribution in [2.24, 2.45) is 0 Å². The maximum atomic E-state index is 13.1. The topological polar surface area (TPSA) is 74.7 Å². The monoisotopic (exact) mass is 477 g/mol. The number of ether oxygens (including phenoxy) is 4. The zero-order chi connectivity index (χ0) is 24.1. The van der Waals surface area contributed by atoms with Gasteiger partial charge in [-0.25, -0.2) is 4.98 Å². The van der Waals surface area contributed by atoms with Gasteiger partial charge in [-0.1, -0.05) is 40.0 Å². The second-order valence-electron chi connectivity index (χ2n) is 8.22. The van der Waals surface area contributed by atoms with Gasteiger partial charge in [0.2, 0.25) is 0 Å². The highest BCUT2D eigenvalue weighted by Gasteiger charge is 2.43. The highest BCUT2D eigenvalue weighted by Crippen LogP contribution is 2.29. The summed E-state index contributed by atoms with van der Waals surface area (Å²) in [4.78, 5) is 7.38. The Bertz CT molecular complexity index is 666. The van der Waals surface area contributed by atoms with E-state index in [1.807, 2.05) is 0 Å². The average Bonchev–Trinajstić information content (AvgIpc) is 2.79. The first-order valence-corrected chi connectivity index (χ1v) is 12.0. The lowest BCUT2D eigenvalue weighted by Gasteiger charge is -2.42. The summed E-state index contributed by atoms with van der Waals surface area (Å²) in [5, 5.41) is 3.04. The third-order valence-corrected chi connectivity index (χ3v) is 5.38. The molecule has 0 aliphatic carbocycles. The Morgan fingerprint density at radius 2 is 1.61 bits per heavy atom. The predicted molar refractivity (Wildman–Crippen MR) is 119 cm³/mol. The Kier molecular flexibility index (Phi) is 12.4. The van der Waals surface area contributed by atoms with Crippen LogP contribution in [0.25, 0.3) is 0 Å². The minimum atomic E-state index is -4.57. The van der Waals surface area contributed by atoms with Gasteiger partial charge >= 0.3 is 6.18 Å². The molecule has 0 unspecified atom stereocenters. The standard InChI is InChI=1S/C23H38F3N3O4/c1-4-7-10-30-16-18-22(32-12-9-6-3)21(31-11-8-5-2)17(15-33-18)28-20-14-27-13-19(29-20)23(24,25)26/h13-14,17-18,21-22H,4-12,15-16H2,1-3H3,(H,28,29)/t17-,18-,21-,22+/m1/s1. The van der Waals surface area contributed by atoms with Gasteiger partial charge in [0.05, 0.1) is 31.6 Å². The van der Waals surface area contributed by atoms with Gasteiger partial charge in [-0.3, -0.25) is 4.98 Å². The quantitative estimate of drug-likeness (QED) is 0.362. The number of hydrogen-bond acceptors (Lipinski definition) is 7. The Balaban J connectivity index is 2.18.